The van der Waals surface area contributed by atoms with Crippen molar-refractivity contribution in [2.45, 2.75) is 18.6 Å². The van der Waals surface area contributed by atoms with Crippen LogP contribution >= 0.6 is 23.4 Å². The number of rotatable bonds is 7. The normalized spacial score (nSPS) is 10.7. The molecule has 0 aliphatic rings. The number of hydrogen-bond acceptors (Lipinski definition) is 5. The molecule has 1 amide bonds. The second-order valence-corrected chi connectivity index (χ2v) is 7.66. The Hall–Kier alpha value is -2.51. The second kappa shape index (κ2) is 9.12. The zero-order chi connectivity index (χ0) is 20.1. The molecule has 0 aliphatic carbocycles. The van der Waals surface area contributed by atoms with Crippen molar-refractivity contribution in [2.24, 2.45) is 0 Å². The number of anilines is 2. The molecule has 6 nitrogen and oxygen atoms in total. The number of nitrogens with zero attached hydrogens (tertiary/aromatic N) is 4. The van der Waals surface area contributed by atoms with Crippen LogP contribution in [0.5, 0.6) is 0 Å². The molecule has 0 radical (unpaired) electrons. The average Bonchev–Trinajstić information content (AvgIpc) is 3.11. The van der Waals surface area contributed by atoms with E-state index in [2.05, 4.69) is 15.5 Å². The zero-order valence-electron chi connectivity index (χ0n) is 16.0. The molecule has 0 aliphatic heterocycles. The molecule has 1 aromatic heterocycles. The summed E-state index contributed by atoms with van der Waals surface area (Å²) >= 11 is 7.44. The van der Waals surface area contributed by atoms with Gasteiger partial charge in [-0.2, -0.15) is 0 Å². The van der Waals surface area contributed by atoms with Gasteiger partial charge in [0, 0.05) is 31.9 Å². The van der Waals surface area contributed by atoms with Crippen LogP contribution in [-0.4, -0.2) is 40.5 Å². The van der Waals surface area contributed by atoms with E-state index in [0.717, 1.165) is 17.1 Å². The first-order chi connectivity index (χ1) is 13.5. The van der Waals surface area contributed by atoms with E-state index < -0.39 is 0 Å². The topological polar surface area (TPSA) is 63.1 Å². The van der Waals surface area contributed by atoms with Crippen molar-refractivity contribution in [3.63, 3.8) is 0 Å². The highest BCUT2D eigenvalue weighted by Gasteiger charge is 2.15. The van der Waals surface area contributed by atoms with E-state index in [0.29, 0.717) is 22.4 Å². The summed E-state index contributed by atoms with van der Waals surface area (Å²) in [6.45, 7) is 2.75. The van der Waals surface area contributed by atoms with Gasteiger partial charge in [-0.05, 0) is 43.3 Å². The Morgan fingerprint density at radius 2 is 1.86 bits per heavy atom. The number of carbonyl (C=O) groups is 1. The number of amides is 1. The Kier molecular flexibility index (Phi) is 6.59. The molecule has 1 heterocycles. The van der Waals surface area contributed by atoms with E-state index >= 15 is 0 Å². The first-order valence-electron chi connectivity index (χ1n) is 8.87. The van der Waals surface area contributed by atoms with E-state index in [4.69, 9.17) is 11.6 Å². The van der Waals surface area contributed by atoms with Gasteiger partial charge in [0.2, 0.25) is 5.91 Å². The minimum absolute atomic E-state index is 0.138. The standard InChI is InChI=1S/C20H22ClN5OS/c1-4-26-19(14-9-11-15(12-10-14)25(2)3)23-24-20(26)28-13-18(27)22-17-8-6-5-7-16(17)21/h5-12H,4,13H2,1-3H3,(H,22,27). The van der Waals surface area contributed by atoms with Crippen LogP contribution in [0.1, 0.15) is 6.92 Å². The Labute approximate surface area is 173 Å². The van der Waals surface area contributed by atoms with Gasteiger partial charge in [0.15, 0.2) is 11.0 Å². The largest absolute Gasteiger partial charge is 0.378 e. The molecule has 0 fully saturated rings. The van der Waals surface area contributed by atoms with Gasteiger partial charge in [0.05, 0.1) is 16.5 Å². The third-order valence-electron chi connectivity index (χ3n) is 4.16. The van der Waals surface area contributed by atoms with E-state index in [9.17, 15) is 4.79 Å². The third-order valence-corrected chi connectivity index (χ3v) is 5.45. The first kappa shape index (κ1) is 20.2. The maximum Gasteiger partial charge on any atom is 0.234 e. The van der Waals surface area contributed by atoms with Crippen molar-refractivity contribution in [1.82, 2.24) is 14.8 Å². The summed E-state index contributed by atoms with van der Waals surface area (Å²) in [4.78, 5) is 14.3. The van der Waals surface area contributed by atoms with Crippen molar-refractivity contribution in [3.8, 4) is 11.4 Å². The molecule has 146 valence electrons. The van der Waals surface area contributed by atoms with Crippen molar-refractivity contribution in [1.29, 1.82) is 0 Å². The van der Waals surface area contributed by atoms with Crippen LogP contribution in [0.15, 0.2) is 53.7 Å². The van der Waals surface area contributed by atoms with Crippen molar-refractivity contribution >= 4 is 40.6 Å². The molecule has 0 bridgehead atoms. The lowest BCUT2D eigenvalue weighted by atomic mass is 10.2. The van der Waals surface area contributed by atoms with Gasteiger partial charge in [0.25, 0.3) is 0 Å². The van der Waals surface area contributed by atoms with Gasteiger partial charge >= 0.3 is 0 Å². The summed E-state index contributed by atoms with van der Waals surface area (Å²) in [5.74, 6) is 0.880. The summed E-state index contributed by atoms with van der Waals surface area (Å²) in [6, 6.07) is 15.3. The molecule has 2 aromatic carbocycles. The fourth-order valence-electron chi connectivity index (χ4n) is 2.68. The SMILES string of the molecule is CCn1c(SCC(=O)Nc2ccccc2Cl)nnc1-c1ccc(N(C)C)cc1. The lowest BCUT2D eigenvalue weighted by Gasteiger charge is -2.13. The van der Waals surface area contributed by atoms with Crippen molar-refractivity contribution < 1.29 is 4.79 Å². The Bertz CT molecular complexity index is 955. The molecular formula is C20H22ClN5OS. The summed E-state index contributed by atoms with van der Waals surface area (Å²) < 4.78 is 2.01. The minimum atomic E-state index is -0.138. The number of nitrogens with one attached hydrogen (secondary N) is 1. The third kappa shape index (κ3) is 4.66. The van der Waals surface area contributed by atoms with E-state index in [-0.39, 0.29) is 11.7 Å². The van der Waals surface area contributed by atoms with Crippen LogP contribution in [0, 0.1) is 0 Å². The van der Waals surface area contributed by atoms with Gasteiger partial charge in [-0.3, -0.25) is 4.79 Å². The number of hydrogen-bond donors (Lipinski definition) is 1. The molecule has 0 saturated heterocycles. The number of thioether (sulfide) groups is 1. The summed E-state index contributed by atoms with van der Waals surface area (Å²) in [6.07, 6.45) is 0. The number of para-hydroxylation sites is 1. The van der Waals surface area contributed by atoms with Gasteiger partial charge in [-0.15, -0.1) is 10.2 Å². The number of aromatic nitrogens is 3. The number of halogens is 1. The first-order valence-corrected chi connectivity index (χ1v) is 10.2. The summed E-state index contributed by atoms with van der Waals surface area (Å²) in [7, 11) is 4.01. The van der Waals surface area contributed by atoms with E-state index in [1.165, 1.54) is 11.8 Å². The van der Waals surface area contributed by atoms with Crippen LogP contribution in [0.2, 0.25) is 5.02 Å². The van der Waals surface area contributed by atoms with Crippen LogP contribution in [-0.2, 0) is 11.3 Å². The molecule has 0 unspecified atom stereocenters. The van der Waals surface area contributed by atoms with E-state index in [1.807, 2.05) is 66.9 Å². The number of carbonyl (C=O) groups excluding carboxylic acids is 1. The Morgan fingerprint density at radius 1 is 1.14 bits per heavy atom. The average molecular weight is 416 g/mol. The minimum Gasteiger partial charge on any atom is -0.378 e. The molecule has 1 N–H and O–H groups in total. The highest BCUT2D eigenvalue weighted by atomic mass is 35.5. The quantitative estimate of drug-likeness (QED) is 0.579. The molecule has 0 atom stereocenters. The maximum absolute atomic E-state index is 12.3. The molecule has 3 aromatic rings. The van der Waals surface area contributed by atoms with Crippen molar-refractivity contribution in [2.75, 3.05) is 30.1 Å². The lowest BCUT2D eigenvalue weighted by Crippen LogP contribution is -2.15. The predicted molar refractivity (Wildman–Crippen MR) is 116 cm³/mol. The number of benzene rings is 2. The highest BCUT2D eigenvalue weighted by molar-refractivity contribution is 7.99. The highest BCUT2D eigenvalue weighted by Crippen LogP contribution is 2.26. The van der Waals surface area contributed by atoms with Crippen LogP contribution in [0.25, 0.3) is 11.4 Å². The summed E-state index contributed by atoms with van der Waals surface area (Å²) in [5.41, 5.74) is 2.72. The maximum atomic E-state index is 12.3. The molecule has 8 heteroatoms. The zero-order valence-corrected chi connectivity index (χ0v) is 17.6. The Balaban J connectivity index is 1.70. The van der Waals surface area contributed by atoms with Crippen LogP contribution < -0.4 is 10.2 Å². The van der Waals surface area contributed by atoms with Crippen molar-refractivity contribution in [3.05, 3.63) is 53.6 Å². The fraction of sp³-hybridized carbons (Fsp3) is 0.250. The van der Waals surface area contributed by atoms with Crippen LogP contribution in [0.3, 0.4) is 0 Å². The van der Waals surface area contributed by atoms with Crippen LogP contribution in [0.4, 0.5) is 11.4 Å². The second-order valence-electron chi connectivity index (χ2n) is 6.31. The molecule has 3 rings (SSSR count). The monoisotopic (exact) mass is 415 g/mol. The Morgan fingerprint density at radius 3 is 2.50 bits per heavy atom. The lowest BCUT2D eigenvalue weighted by molar-refractivity contribution is -0.113. The van der Waals surface area contributed by atoms with Gasteiger partial charge < -0.3 is 14.8 Å². The molecule has 0 saturated carbocycles. The molecule has 28 heavy (non-hydrogen) atoms. The molecule has 0 spiro atoms. The fourth-order valence-corrected chi connectivity index (χ4v) is 3.67. The summed E-state index contributed by atoms with van der Waals surface area (Å²) in [5, 5.41) is 12.7. The smallest absolute Gasteiger partial charge is 0.234 e. The van der Waals surface area contributed by atoms with Gasteiger partial charge in [-0.1, -0.05) is 35.5 Å². The van der Waals surface area contributed by atoms with Gasteiger partial charge in [-0.25, -0.2) is 0 Å². The van der Waals surface area contributed by atoms with Gasteiger partial charge in [0.1, 0.15) is 0 Å². The van der Waals surface area contributed by atoms with E-state index in [1.54, 1.807) is 12.1 Å². The predicted octanol–water partition coefficient (Wildman–Crippen LogP) is 4.42. The molecular weight excluding hydrogens is 394 g/mol.